The van der Waals surface area contributed by atoms with E-state index in [-0.39, 0.29) is 5.91 Å². The maximum Gasteiger partial charge on any atom is 0.251 e. The molecule has 0 bridgehead atoms. The van der Waals surface area contributed by atoms with E-state index in [0.717, 1.165) is 17.5 Å². The van der Waals surface area contributed by atoms with E-state index in [0.29, 0.717) is 17.5 Å². The first-order valence-corrected chi connectivity index (χ1v) is 6.35. The number of amides is 1. The van der Waals surface area contributed by atoms with Gasteiger partial charge in [-0.1, -0.05) is 13.3 Å². The van der Waals surface area contributed by atoms with Gasteiger partial charge in [-0.25, -0.2) is 0 Å². The molecule has 2 aromatic rings. The molecule has 1 aliphatic carbocycles. The van der Waals surface area contributed by atoms with Gasteiger partial charge in [-0.3, -0.25) is 4.79 Å². The molecule has 1 fully saturated rings. The average molecular weight is 244 g/mol. The van der Waals surface area contributed by atoms with Crippen molar-refractivity contribution >= 4 is 16.9 Å². The Hall–Kier alpha value is -1.91. The summed E-state index contributed by atoms with van der Waals surface area (Å²) in [6.07, 6.45) is 3.49. The van der Waals surface area contributed by atoms with Crippen molar-refractivity contribution in [3.05, 3.63) is 23.8 Å². The van der Waals surface area contributed by atoms with Crippen molar-refractivity contribution in [1.82, 2.24) is 20.7 Å². The van der Waals surface area contributed by atoms with Crippen LogP contribution in [0.1, 0.15) is 36.5 Å². The van der Waals surface area contributed by atoms with Gasteiger partial charge in [0.15, 0.2) is 0 Å². The summed E-state index contributed by atoms with van der Waals surface area (Å²) in [5, 5.41) is 13.6. The van der Waals surface area contributed by atoms with Gasteiger partial charge < -0.3 is 5.32 Å². The van der Waals surface area contributed by atoms with E-state index < -0.39 is 0 Å². The van der Waals surface area contributed by atoms with Crippen molar-refractivity contribution in [3.8, 4) is 0 Å². The van der Waals surface area contributed by atoms with Crippen LogP contribution in [0, 0.1) is 5.92 Å². The first kappa shape index (κ1) is 11.2. The number of hydrogen-bond acceptors (Lipinski definition) is 3. The molecule has 0 saturated heterocycles. The quantitative estimate of drug-likeness (QED) is 0.847. The fraction of sp³-hybridized carbons (Fsp3) is 0.462. The number of carbonyl (C=O) groups is 1. The molecule has 1 saturated carbocycles. The zero-order valence-corrected chi connectivity index (χ0v) is 10.3. The van der Waals surface area contributed by atoms with Crippen LogP contribution in [0.3, 0.4) is 0 Å². The normalized spacial score (nSPS) is 23.4. The molecule has 0 spiro atoms. The minimum absolute atomic E-state index is 0.0151. The summed E-state index contributed by atoms with van der Waals surface area (Å²) in [6, 6.07) is 5.69. The summed E-state index contributed by atoms with van der Waals surface area (Å²) in [7, 11) is 0. The minimum atomic E-state index is -0.0151. The second-order valence-corrected chi connectivity index (χ2v) is 5.02. The van der Waals surface area contributed by atoms with Crippen LogP contribution >= 0.6 is 0 Å². The van der Waals surface area contributed by atoms with Crippen molar-refractivity contribution in [2.45, 2.75) is 32.2 Å². The van der Waals surface area contributed by atoms with E-state index >= 15 is 0 Å². The highest BCUT2D eigenvalue weighted by Gasteiger charge is 2.25. The Bertz CT molecular complexity index is 577. The lowest BCUT2D eigenvalue weighted by molar-refractivity contribution is 0.0930. The van der Waals surface area contributed by atoms with E-state index in [2.05, 4.69) is 27.7 Å². The van der Waals surface area contributed by atoms with E-state index in [1.54, 1.807) is 12.1 Å². The SMILES string of the molecule is C[C@@H]1CCC[C@H]1NC(=O)c1ccc2n[nH]nc2c1. The third-order valence-electron chi connectivity index (χ3n) is 3.76. The number of benzene rings is 1. The molecule has 1 aromatic heterocycles. The second-order valence-electron chi connectivity index (χ2n) is 5.02. The van der Waals surface area contributed by atoms with Gasteiger partial charge in [0.2, 0.25) is 0 Å². The second kappa shape index (κ2) is 4.40. The molecule has 1 aliphatic rings. The molecule has 1 heterocycles. The fourth-order valence-corrected chi connectivity index (χ4v) is 2.59. The lowest BCUT2D eigenvalue weighted by Crippen LogP contribution is -2.36. The van der Waals surface area contributed by atoms with Gasteiger partial charge in [-0.2, -0.15) is 15.4 Å². The summed E-state index contributed by atoms with van der Waals surface area (Å²) in [5.41, 5.74) is 2.15. The summed E-state index contributed by atoms with van der Waals surface area (Å²) < 4.78 is 0. The molecule has 2 atom stereocenters. The highest BCUT2D eigenvalue weighted by atomic mass is 16.1. The van der Waals surface area contributed by atoms with Gasteiger partial charge in [0.1, 0.15) is 11.0 Å². The van der Waals surface area contributed by atoms with Gasteiger partial charge in [0.05, 0.1) is 0 Å². The molecule has 0 unspecified atom stereocenters. The monoisotopic (exact) mass is 244 g/mol. The Morgan fingerprint density at radius 2 is 2.17 bits per heavy atom. The zero-order valence-electron chi connectivity index (χ0n) is 10.3. The summed E-state index contributed by atoms with van der Waals surface area (Å²) >= 11 is 0. The molecular formula is C13H16N4O. The zero-order chi connectivity index (χ0) is 12.5. The maximum atomic E-state index is 12.1. The number of carbonyl (C=O) groups excluding carboxylic acids is 1. The summed E-state index contributed by atoms with van der Waals surface area (Å²) in [6.45, 7) is 2.19. The Kier molecular flexibility index (Phi) is 2.74. The highest BCUT2D eigenvalue weighted by molar-refractivity contribution is 5.97. The van der Waals surface area contributed by atoms with Gasteiger partial charge in [-0.05, 0) is 37.0 Å². The van der Waals surface area contributed by atoms with Crippen molar-refractivity contribution in [1.29, 1.82) is 0 Å². The smallest absolute Gasteiger partial charge is 0.251 e. The number of aromatic amines is 1. The minimum Gasteiger partial charge on any atom is -0.349 e. The van der Waals surface area contributed by atoms with Gasteiger partial charge in [0.25, 0.3) is 5.91 Å². The van der Waals surface area contributed by atoms with Crippen LogP contribution < -0.4 is 5.32 Å². The van der Waals surface area contributed by atoms with Crippen molar-refractivity contribution in [3.63, 3.8) is 0 Å². The first-order chi connectivity index (χ1) is 8.74. The molecule has 2 N–H and O–H groups in total. The highest BCUT2D eigenvalue weighted by Crippen LogP contribution is 2.25. The predicted octanol–water partition coefficient (Wildman–Crippen LogP) is 1.88. The Labute approximate surface area is 105 Å². The van der Waals surface area contributed by atoms with E-state index in [1.165, 1.54) is 12.8 Å². The predicted molar refractivity (Wildman–Crippen MR) is 68.2 cm³/mol. The van der Waals surface area contributed by atoms with Crippen LogP contribution in [-0.4, -0.2) is 27.4 Å². The Balaban J connectivity index is 1.78. The average Bonchev–Trinajstić information content (AvgIpc) is 2.98. The molecule has 1 aromatic carbocycles. The van der Waals surface area contributed by atoms with Crippen molar-refractivity contribution in [2.75, 3.05) is 0 Å². The van der Waals surface area contributed by atoms with Gasteiger partial charge in [-0.15, -0.1) is 0 Å². The van der Waals surface area contributed by atoms with E-state index in [1.807, 2.05) is 6.07 Å². The number of hydrogen-bond donors (Lipinski definition) is 2. The maximum absolute atomic E-state index is 12.1. The van der Waals surface area contributed by atoms with Crippen LogP contribution in [0.25, 0.3) is 11.0 Å². The molecule has 3 rings (SSSR count). The number of H-pyrrole nitrogens is 1. The van der Waals surface area contributed by atoms with Crippen LogP contribution in [0.15, 0.2) is 18.2 Å². The van der Waals surface area contributed by atoms with Crippen LogP contribution in [0.5, 0.6) is 0 Å². The van der Waals surface area contributed by atoms with Crippen molar-refractivity contribution in [2.24, 2.45) is 5.92 Å². The number of nitrogens with one attached hydrogen (secondary N) is 2. The first-order valence-electron chi connectivity index (χ1n) is 6.35. The number of fused-ring (bicyclic) bond motifs is 1. The number of aromatic nitrogens is 3. The van der Waals surface area contributed by atoms with Crippen LogP contribution in [0.2, 0.25) is 0 Å². The Morgan fingerprint density at radius 3 is 2.94 bits per heavy atom. The third kappa shape index (κ3) is 1.96. The summed E-state index contributed by atoms with van der Waals surface area (Å²) in [5.74, 6) is 0.559. The number of nitrogens with zero attached hydrogens (tertiary/aromatic N) is 2. The lowest BCUT2D eigenvalue weighted by Gasteiger charge is -2.17. The van der Waals surface area contributed by atoms with Gasteiger partial charge in [0, 0.05) is 11.6 Å². The fourth-order valence-electron chi connectivity index (χ4n) is 2.59. The molecule has 5 nitrogen and oxygen atoms in total. The lowest BCUT2D eigenvalue weighted by atomic mass is 10.1. The molecule has 0 radical (unpaired) electrons. The largest absolute Gasteiger partial charge is 0.349 e. The van der Waals surface area contributed by atoms with Crippen molar-refractivity contribution < 1.29 is 4.79 Å². The molecule has 5 heteroatoms. The molecule has 1 amide bonds. The molecule has 94 valence electrons. The third-order valence-corrected chi connectivity index (χ3v) is 3.76. The topological polar surface area (TPSA) is 70.7 Å². The molecular weight excluding hydrogens is 228 g/mol. The van der Waals surface area contributed by atoms with Crippen LogP contribution in [0.4, 0.5) is 0 Å². The van der Waals surface area contributed by atoms with Gasteiger partial charge >= 0.3 is 0 Å². The number of rotatable bonds is 2. The summed E-state index contributed by atoms with van der Waals surface area (Å²) in [4.78, 5) is 12.1. The van der Waals surface area contributed by atoms with E-state index in [9.17, 15) is 4.79 Å². The standard InChI is InChI=1S/C13H16N4O/c1-8-3-2-4-10(8)14-13(18)9-5-6-11-12(7-9)16-17-15-11/h5-8,10H,2-4H2,1H3,(H,14,18)(H,15,16,17)/t8-,10-/m1/s1. The van der Waals surface area contributed by atoms with E-state index in [4.69, 9.17) is 0 Å². The molecule has 18 heavy (non-hydrogen) atoms. The molecule has 0 aliphatic heterocycles. The van der Waals surface area contributed by atoms with Crippen LogP contribution in [-0.2, 0) is 0 Å². The Morgan fingerprint density at radius 1 is 1.33 bits per heavy atom.